The van der Waals surface area contributed by atoms with E-state index >= 15 is 0 Å². The van der Waals surface area contributed by atoms with Gasteiger partial charge in [0.1, 0.15) is 22.3 Å². The molecule has 0 aliphatic carbocycles. The predicted molar refractivity (Wildman–Crippen MR) is 125 cm³/mol. The number of nitrogens with zero attached hydrogens (tertiary/aromatic N) is 5. The van der Waals surface area contributed by atoms with Crippen molar-refractivity contribution in [3.8, 4) is 11.3 Å². The first-order valence-electron chi connectivity index (χ1n) is 9.58. The highest BCUT2D eigenvalue weighted by atomic mass is 32.1. The van der Waals surface area contributed by atoms with Crippen molar-refractivity contribution < 1.29 is 8.78 Å². The van der Waals surface area contributed by atoms with Crippen LogP contribution in [-0.2, 0) is 6.42 Å². The highest BCUT2D eigenvalue weighted by Crippen LogP contribution is 2.25. The lowest BCUT2D eigenvalue weighted by atomic mass is 10.0. The van der Waals surface area contributed by atoms with Crippen LogP contribution in [0.4, 0.5) is 14.5 Å². The zero-order valence-corrected chi connectivity index (χ0v) is 18.0. The molecule has 0 saturated carbocycles. The van der Waals surface area contributed by atoms with Crippen LogP contribution >= 0.6 is 12.2 Å². The molecule has 2 aromatic carbocycles. The van der Waals surface area contributed by atoms with E-state index in [1.54, 1.807) is 19.3 Å². The second-order valence-electron chi connectivity index (χ2n) is 6.93. The summed E-state index contributed by atoms with van der Waals surface area (Å²) < 4.78 is 30.8. The molecule has 9 heteroatoms. The molecule has 1 N–H and O–H groups in total. The Bertz CT molecular complexity index is 1380. The Kier molecular flexibility index (Phi) is 5.83. The van der Waals surface area contributed by atoms with Crippen LogP contribution in [0.3, 0.4) is 0 Å². The molecule has 0 bridgehead atoms. The molecule has 0 aliphatic rings. The maximum absolute atomic E-state index is 14.8. The molecular formula is C23H18F2N6S. The fourth-order valence-electron chi connectivity index (χ4n) is 3.35. The van der Waals surface area contributed by atoms with E-state index in [1.165, 1.54) is 10.7 Å². The van der Waals surface area contributed by atoms with E-state index in [1.807, 2.05) is 18.2 Å². The number of fused-ring (bicyclic) bond motifs is 1. The number of benzene rings is 2. The molecule has 2 aromatic heterocycles. The van der Waals surface area contributed by atoms with Gasteiger partial charge in [-0.2, -0.15) is 5.10 Å². The largest absolute Gasteiger partial charge is 0.379 e. The summed E-state index contributed by atoms with van der Waals surface area (Å²) in [5.41, 5.74) is 3.44. The van der Waals surface area contributed by atoms with Crippen molar-refractivity contribution in [3.63, 3.8) is 0 Å². The third-order valence-electron chi connectivity index (χ3n) is 4.97. The number of hydrogen-bond acceptors (Lipinski definition) is 5. The average molecular weight is 449 g/mol. The average Bonchev–Trinajstić information content (AvgIpc) is 3.21. The summed E-state index contributed by atoms with van der Waals surface area (Å²) in [6.45, 7) is 7.36. The minimum absolute atomic E-state index is 0.0170. The number of nitrogens with one attached hydrogen (secondary N) is 1. The van der Waals surface area contributed by atoms with Crippen LogP contribution in [0.25, 0.3) is 23.1 Å². The molecule has 4 rings (SSSR count). The fraction of sp³-hybridized carbons (Fsp3) is 0.0870. The molecule has 0 radical (unpaired) electrons. The molecule has 0 amide bonds. The molecule has 0 atom stereocenters. The zero-order valence-electron chi connectivity index (χ0n) is 17.1. The minimum atomic E-state index is -0.655. The van der Waals surface area contributed by atoms with Crippen molar-refractivity contribution in [1.82, 2.24) is 24.9 Å². The van der Waals surface area contributed by atoms with Crippen LogP contribution in [0, 0.1) is 11.6 Å². The summed E-state index contributed by atoms with van der Waals surface area (Å²) in [5.74, 6) is -0.954. The van der Waals surface area contributed by atoms with Gasteiger partial charge in [0.25, 0.3) is 5.78 Å². The van der Waals surface area contributed by atoms with Crippen molar-refractivity contribution in [2.45, 2.75) is 6.42 Å². The van der Waals surface area contributed by atoms with Crippen molar-refractivity contribution in [1.29, 1.82) is 0 Å². The standard InChI is InChI=1S/C23H18F2N6S/c1-4-14-7-13(5-6-20(14)26-2)8-15-11-28-23-29-12-21(30-31(15)23)16-9-19(25)17(10-18(16)24)22(32)27-3/h4-7,9-12H,1-2,8H2,3H3,(H,27,32). The van der Waals surface area contributed by atoms with Gasteiger partial charge in [0, 0.05) is 24.6 Å². The van der Waals surface area contributed by atoms with Gasteiger partial charge in [0.15, 0.2) is 0 Å². The van der Waals surface area contributed by atoms with E-state index in [0.29, 0.717) is 12.2 Å². The van der Waals surface area contributed by atoms with E-state index in [9.17, 15) is 8.78 Å². The summed E-state index contributed by atoms with van der Waals surface area (Å²) in [6.07, 6.45) is 5.21. The topological polar surface area (TPSA) is 67.5 Å². The molecule has 0 fully saturated rings. The summed E-state index contributed by atoms with van der Waals surface area (Å²) >= 11 is 5.02. The van der Waals surface area contributed by atoms with Crippen LogP contribution in [0.15, 0.2) is 54.3 Å². The van der Waals surface area contributed by atoms with Gasteiger partial charge >= 0.3 is 0 Å². The van der Waals surface area contributed by atoms with E-state index in [-0.39, 0.29) is 21.8 Å². The predicted octanol–water partition coefficient (Wildman–Crippen LogP) is 4.53. The van der Waals surface area contributed by atoms with Crippen molar-refractivity contribution in [3.05, 3.63) is 83.3 Å². The van der Waals surface area contributed by atoms with Crippen LogP contribution in [-0.4, -0.2) is 38.3 Å². The van der Waals surface area contributed by atoms with E-state index in [0.717, 1.165) is 34.6 Å². The second-order valence-corrected chi connectivity index (χ2v) is 7.34. The van der Waals surface area contributed by atoms with E-state index in [4.69, 9.17) is 12.2 Å². The molecule has 0 spiro atoms. The molecule has 32 heavy (non-hydrogen) atoms. The summed E-state index contributed by atoms with van der Waals surface area (Å²) in [5, 5.41) is 7.11. The Morgan fingerprint density at radius 3 is 2.69 bits per heavy atom. The lowest BCUT2D eigenvalue weighted by Crippen LogP contribution is -2.18. The van der Waals surface area contributed by atoms with Gasteiger partial charge in [-0.3, -0.25) is 4.99 Å². The first-order valence-corrected chi connectivity index (χ1v) is 9.99. The van der Waals surface area contributed by atoms with Crippen molar-refractivity contribution in [2.75, 3.05) is 7.05 Å². The normalized spacial score (nSPS) is 10.8. The quantitative estimate of drug-likeness (QED) is 0.347. The van der Waals surface area contributed by atoms with Gasteiger partial charge in [-0.05, 0) is 42.1 Å². The van der Waals surface area contributed by atoms with E-state index < -0.39 is 11.6 Å². The van der Waals surface area contributed by atoms with Crippen LogP contribution in [0.2, 0.25) is 0 Å². The van der Waals surface area contributed by atoms with Crippen molar-refractivity contribution >= 4 is 41.5 Å². The zero-order chi connectivity index (χ0) is 22.8. The second kappa shape index (κ2) is 8.72. The van der Waals surface area contributed by atoms with Crippen LogP contribution in [0.5, 0.6) is 0 Å². The Balaban J connectivity index is 1.74. The monoisotopic (exact) mass is 448 g/mol. The molecular weight excluding hydrogens is 430 g/mol. The summed E-state index contributed by atoms with van der Waals surface area (Å²) in [7, 11) is 1.55. The highest BCUT2D eigenvalue weighted by molar-refractivity contribution is 7.80. The first-order chi connectivity index (χ1) is 15.4. The van der Waals surface area contributed by atoms with Crippen molar-refractivity contribution in [2.24, 2.45) is 4.99 Å². The Morgan fingerprint density at radius 2 is 1.97 bits per heavy atom. The fourth-order valence-corrected chi connectivity index (χ4v) is 3.50. The number of rotatable bonds is 6. The smallest absolute Gasteiger partial charge is 0.250 e. The van der Waals surface area contributed by atoms with Gasteiger partial charge in [0.05, 0.1) is 23.8 Å². The van der Waals surface area contributed by atoms with Crippen LogP contribution in [0.1, 0.15) is 22.4 Å². The van der Waals surface area contributed by atoms with Gasteiger partial charge in [-0.15, -0.1) is 0 Å². The minimum Gasteiger partial charge on any atom is -0.379 e. The Hall–Kier alpha value is -3.85. The number of aliphatic imine (C=N–C) groups is 1. The molecule has 0 aliphatic heterocycles. The van der Waals surface area contributed by atoms with Gasteiger partial charge < -0.3 is 5.32 Å². The molecule has 6 nitrogen and oxygen atoms in total. The molecule has 0 saturated heterocycles. The third-order valence-corrected chi connectivity index (χ3v) is 5.40. The SMILES string of the molecule is C=Cc1cc(Cc2cnc3ncc(-c4cc(F)c(C(=S)NC)cc4F)nn23)ccc1N=C. The molecule has 0 unspecified atom stereocenters. The lowest BCUT2D eigenvalue weighted by molar-refractivity contribution is 0.599. The summed E-state index contributed by atoms with van der Waals surface area (Å²) in [6, 6.07) is 7.85. The maximum atomic E-state index is 14.8. The highest BCUT2D eigenvalue weighted by Gasteiger charge is 2.17. The Morgan fingerprint density at radius 1 is 1.19 bits per heavy atom. The maximum Gasteiger partial charge on any atom is 0.250 e. The number of hydrogen-bond donors (Lipinski definition) is 1. The first kappa shape index (κ1) is 21.4. The van der Waals surface area contributed by atoms with Gasteiger partial charge in [-0.1, -0.05) is 30.9 Å². The number of imidazole rings is 1. The van der Waals surface area contributed by atoms with Gasteiger partial charge in [0.2, 0.25) is 0 Å². The number of thiocarbonyl (C=S) groups is 1. The lowest BCUT2D eigenvalue weighted by Gasteiger charge is -2.09. The molecule has 160 valence electrons. The van der Waals surface area contributed by atoms with Gasteiger partial charge in [-0.25, -0.2) is 23.3 Å². The Labute approximate surface area is 188 Å². The summed E-state index contributed by atoms with van der Waals surface area (Å²) in [4.78, 5) is 12.6. The number of aromatic nitrogens is 4. The third kappa shape index (κ3) is 3.90. The van der Waals surface area contributed by atoms with E-state index in [2.05, 4.69) is 38.7 Å². The molecule has 2 heterocycles. The molecule has 4 aromatic rings. The van der Waals surface area contributed by atoms with Crippen LogP contribution < -0.4 is 5.32 Å². The number of halogens is 2.